The Labute approximate surface area is 127 Å². The molecule has 0 saturated carbocycles. The predicted molar refractivity (Wildman–Crippen MR) is 90.4 cm³/mol. The van der Waals surface area contributed by atoms with Crippen molar-refractivity contribution in [1.82, 2.24) is 10.2 Å². The molecule has 1 aromatic rings. The minimum absolute atomic E-state index is 0.722. The zero-order valence-corrected chi connectivity index (χ0v) is 13.4. The summed E-state index contributed by atoms with van der Waals surface area (Å²) in [5, 5.41) is 7.30. The number of anilines is 1. The standard InChI is InChI=1S/C16H25N3S/c1-13-6-7-14(2)15(12-13)18-16(20)17-8-5-11-19-9-3-4-10-19/h6-7,12H,3-5,8-11H2,1-2H3,(H2,17,18,20). The summed E-state index contributed by atoms with van der Waals surface area (Å²) in [4.78, 5) is 2.53. The highest BCUT2D eigenvalue weighted by Gasteiger charge is 2.10. The first kappa shape index (κ1) is 15.3. The van der Waals surface area contributed by atoms with Crippen molar-refractivity contribution < 1.29 is 0 Å². The van der Waals surface area contributed by atoms with Crippen molar-refractivity contribution in [3.05, 3.63) is 29.3 Å². The fourth-order valence-corrected chi connectivity index (χ4v) is 2.76. The lowest BCUT2D eigenvalue weighted by atomic mass is 10.1. The minimum atomic E-state index is 0.722. The number of likely N-dealkylation sites (tertiary alicyclic amines) is 1. The summed E-state index contributed by atoms with van der Waals surface area (Å²) in [7, 11) is 0. The van der Waals surface area contributed by atoms with E-state index in [1.807, 2.05) is 0 Å². The molecule has 2 rings (SSSR count). The van der Waals surface area contributed by atoms with Crippen LogP contribution in [0.1, 0.15) is 30.4 Å². The maximum atomic E-state index is 5.35. The van der Waals surface area contributed by atoms with Crippen molar-refractivity contribution in [1.29, 1.82) is 0 Å². The average Bonchev–Trinajstić information content (AvgIpc) is 2.92. The third kappa shape index (κ3) is 4.76. The smallest absolute Gasteiger partial charge is 0.170 e. The largest absolute Gasteiger partial charge is 0.362 e. The zero-order chi connectivity index (χ0) is 14.4. The van der Waals surface area contributed by atoms with Gasteiger partial charge >= 0.3 is 0 Å². The van der Waals surface area contributed by atoms with Gasteiger partial charge in [-0.2, -0.15) is 0 Å². The van der Waals surface area contributed by atoms with E-state index in [4.69, 9.17) is 12.2 Å². The first-order chi connectivity index (χ1) is 9.65. The number of nitrogens with one attached hydrogen (secondary N) is 2. The van der Waals surface area contributed by atoms with Crippen LogP contribution in [0.25, 0.3) is 0 Å². The molecule has 0 atom stereocenters. The Kier molecular flexibility index (Phi) is 5.80. The Morgan fingerprint density at radius 2 is 2.00 bits per heavy atom. The van der Waals surface area contributed by atoms with E-state index in [9.17, 15) is 0 Å². The van der Waals surface area contributed by atoms with Gasteiger partial charge in [-0.1, -0.05) is 12.1 Å². The van der Waals surface area contributed by atoms with Crippen LogP contribution in [-0.2, 0) is 0 Å². The van der Waals surface area contributed by atoms with Crippen LogP contribution in [0.15, 0.2) is 18.2 Å². The topological polar surface area (TPSA) is 27.3 Å². The monoisotopic (exact) mass is 291 g/mol. The molecular formula is C16H25N3S. The maximum absolute atomic E-state index is 5.35. The van der Waals surface area contributed by atoms with Gasteiger partial charge in [0.25, 0.3) is 0 Å². The van der Waals surface area contributed by atoms with Gasteiger partial charge in [0, 0.05) is 12.2 Å². The van der Waals surface area contributed by atoms with E-state index in [1.54, 1.807) is 0 Å². The molecule has 0 unspecified atom stereocenters. The third-order valence-corrected chi connectivity index (χ3v) is 4.02. The number of nitrogens with zero attached hydrogens (tertiary/aromatic N) is 1. The second kappa shape index (κ2) is 7.60. The highest BCUT2D eigenvalue weighted by Crippen LogP contribution is 2.16. The van der Waals surface area contributed by atoms with Crippen molar-refractivity contribution in [3.63, 3.8) is 0 Å². The molecule has 0 aromatic heterocycles. The lowest BCUT2D eigenvalue weighted by Gasteiger charge is -2.16. The molecule has 1 aliphatic heterocycles. The van der Waals surface area contributed by atoms with Gasteiger partial charge in [0.2, 0.25) is 0 Å². The number of hydrogen-bond donors (Lipinski definition) is 2. The van der Waals surface area contributed by atoms with Gasteiger partial charge in [-0.15, -0.1) is 0 Å². The molecule has 1 aromatic carbocycles. The number of rotatable bonds is 5. The normalized spacial score (nSPS) is 15.3. The average molecular weight is 291 g/mol. The van der Waals surface area contributed by atoms with E-state index in [1.165, 1.54) is 43.6 Å². The summed E-state index contributed by atoms with van der Waals surface area (Å²) in [5.74, 6) is 0. The summed E-state index contributed by atoms with van der Waals surface area (Å²) in [5.41, 5.74) is 3.56. The van der Waals surface area contributed by atoms with Crippen molar-refractivity contribution in [2.75, 3.05) is 31.5 Å². The number of hydrogen-bond acceptors (Lipinski definition) is 2. The molecule has 1 heterocycles. The first-order valence-electron chi connectivity index (χ1n) is 7.49. The Balaban J connectivity index is 1.68. The van der Waals surface area contributed by atoms with Crippen LogP contribution in [0.5, 0.6) is 0 Å². The Hall–Kier alpha value is -1.13. The summed E-state index contributed by atoms with van der Waals surface area (Å²) in [6.07, 6.45) is 3.87. The fraction of sp³-hybridized carbons (Fsp3) is 0.562. The number of aryl methyl sites for hydroxylation is 2. The molecule has 1 aliphatic rings. The van der Waals surface area contributed by atoms with Gasteiger partial charge in [0.05, 0.1) is 0 Å². The lowest BCUT2D eigenvalue weighted by Crippen LogP contribution is -2.31. The molecule has 0 radical (unpaired) electrons. The highest BCUT2D eigenvalue weighted by atomic mass is 32.1. The quantitative estimate of drug-likeness (QED) is 0.644. The van der Waals surface area contributed by atoms with Gasteiger partial charge in [-0.3, -0.25) is 0 Å². The molecule has 0 spiro atoms. The van der Waals surface area contributed by atoms with Crippen LogP contribution in [0, 0.1) is 13.8 Å². The molecule has 0 bridgehead atoms. The Morgan fingerprint density at radius 3 is 2.75 bits per heavy atom. The van der Waals surface area contributed by atoms with Crippen LogP contribution < -0.4 is 10.6 Å². The van der Waals surface area contributed by atoms with Crippen molar-refractivity contribution in [2.45, 2.75) is 33.1 Å². The van der Waals surface area contributed by atoms with Crippen molar-refractivity contribution >= 4 is 23.0 Å². The van der Waals surface area contributed by atoms with Crippen LogP contribution in [-0.4, -0.2) is 36.2 Å². The van der Waals surface area contributed by atoms with Gasteiger partial charge < -0.3 is 15.5 Å². The number of thiocarbonyl (C=S) groups is 1. The Bertz CT molecular complexity index is 453. The minimum Gasteiger partial charge on any atom is -0.362 e. The van der Waals surface area contributed by atoms with Crippen LogP contribution in [0.2, 0.25) is 0 Å². The fourth-order valence-electron chi connectivity index (χ4n) is 2.55. The molecule has 110 valence electrons. The second-order valence-corrected chi connectivity index (χ2v) is 6.01. The summed E-state index contributed by atoms with van der Waals surface area (Å²) in [6.45, 7) is 8.84. The molecule has 20 heavy (non-hydrogen) atoms. The van der Waals surface area contributed by atoms with Gasteiger partial charge in [0.1, 0.15) is 0 Å². The third-order valence-electron chi connectivity index (χ3n) is 3.78. The second-order valence-electron chi connectivity index (χ2n) is 5.60. The molecule has 0 amide bonds. The van der Waals surface area contributed by atoms with Gasteiger partial charge in [-0.25, -0.2) is 0 Å². The number of benzene rings is 1. The van der Waals surface area contributed by atoms with E-state index in [0.717, 1.165) is 23.8 Å². The zero-order valence-electron chi connectivity index (χ0n) is 12.5. The molecule has 3 nitrogen and oxygen atoms in total. The molecule has 1 fully saturated rings. The van der Waals surface area contributed by atoms with E-state index in [2.05, 4.69) is 47.6 Å². The van der Waals surface area contributed by atoms with E-state index < -0.39 is 0 Å². The lowest BCUT2D eigenvalue weighted by molar-refractivity contribution is 0.334. The van der Waals surface area contributed by atoms with Crippen molar-refractivity contribution in [2.24, 2.45) is 0 Å². The van der Waals surface area contributed by atoms with E-state index in [-0.39, 0.29) is 0 Å². The molecule has 1 saturated heterocycles. The maximum Gasteiger partial charge on any atom is 0.170 e. The van der Waals surface area contributed by atoms with E-state index >= 15 is 0 Å². The molecule has 4 heteroatoms. The molecular weight excluding hydrogens is 266 g/mol. The van der Waals surface area contributed by atoms with E-state index in [0.29, 0.717) is 0 Å². The van der Waals surface area contributed by atoms with Gasteiger partial charge in [0.15, 0.2) is 5.11 Å². The molecule has 2 N–H and O–H groups in total. The molecule has 0 aliphatic carbocycles. The Morgan fingerprint density at radius 1 is 1.25 bits per heavy atom. The van der Waals surface area contributed by atoms with Crippen molar-refractivity contribution in [3.8, 4) is 0 Å². The van der Waals surface area contributed by atoms with Crippen LogP contribution in [0.4, 0.5) is 5.69 Å². The van der Waals surface area contributed by atoms with Crippen LogP contribution in [0.3, 0.4) is 0 Å². The summed E-state index contributed by atoms with van der Waals surface area (Å²) >= 11 is 5.35. The predicted octanol–water partition coefficient (Wildman–Crippen LogP) is 3.08. The first-order valence-corrected chi connectivity index (χ1v) is 7.90. The highest BCUT2D eigenvalue weighted by molar-refractivity contribution is 7.80. The van der Waals surface area contributed by atoms with Crippen LogP contribution >= 0.6 is 12.2 Å². The SMILES string of the molecule is Cc1ccc(C)c(NC(=S)NCCCN2CCCC2)c1. The van der Waals surface area contributed by atoms with Gasteiger partial charge in [-0.05, 0) is 82.2 Å². The summed E-state index contributed by atoms with van der Waals surface area (Å²) < 4.78 is 0. The summed E-state index contributed by atoms with van der Waals surface area (Å²) in [6, 6.07) is 6.37.